The molecule has 0 aromatic heterocycles. The smallest absolute Gasteiger partial charge is 0.228 e. The summed E-state index contributed by atoms with van der Waals surface area (Å²) in [4.78, 5) is 11.6. The Morgan fingerprint density at radius 1 is 1.33 bits per heavy atom. The first-order valence-electron chi connectivity index (χ1n) is 4.79. The maximum atomic E-state index is 11.6. The van der Waals surface area contributed by atoms with Crippen molar-refractivity contribution in [3.8, 4) is 0 Å². The quantitative estimate of drug-likeness (QED) is 0.520. The van der Waals surface area contributed by atoms with Crippen LogP contribution in [0, 0.1) is 17.3 Å². The van der Waals surface area contributed by atoms with E-state index < -0.39 is 0 Å². The zero-order valence-corrected chi connectivity index (χ0v) is 7.10. The Kier molecular flexibility index (Phi) is 1.16. The molecule has 3 fully saturated rings. The first-order chi connectivity index (χ1) is 5.80. The number of rotatable bonds is 0. The predicted octanol–water partition coefficient (Wildman–Crippen LogP) is -0.268. The monoisotopic (exact) mass is 166 g/mol. The molecule has 0 unspecified atom stereocenters. The Bertz CT molecular complexity index is 235. The summed E-state index contributed by atoms with van der Waals surface area (Å²) in [6.45, 7) is 2.75. The van der Waals surface area contributed by atoms with Crippen molar-refractivity contribution in [2.24, 2.45) is 17.3 Å². The van der Waals surface area contributed by atoms with E-state index in [2.05, 4.69) is 10.6 Å². The summed E-state index contributed by atoms with van der Waals surface area (Å²) >= 11 is 0. The summed E-state index contributed by atoms with van der Waals surface area (Å²) < 4.78 is 0. The second-order valence-electron chi connectivity index (χ2n) is 4.55. The molecule has 3 nitrogen and oxygen atoms in total. The molecule has 2 atom stereocenters. The van der Waals surface area contributed by atoms with Crippen molar-refractivity contribution in [3.05, 3.63) is 0 Å². The van der Waals surface area contributed by atoms with Crippen molar-refractivity contribution in [2.75, 3.05) is 19.6 Å². The fourth-order valence-corrected chi connectivity index (χ4v) is 2.55. The van der Waals surface area contributed by atoms with Crippen LogP contribution in [0.25, 0.3) is 0 Å². The lowest BCUT2D eigenvalue weighted by atomic mass is 9.76. The summed E-state index contributed by atoms with van der Waals surface area (Å²) in [5.41, 5.74) is -0.00405. The molecule has 3 heteroatoms. The topological polar surface area (TPSA) is 41.1 Å². The van der Waals surface area contributed by atoms with E-state index in [1.807, 2.05) is 0 Å². The molecule has 12 heavy (non-hydrogen) atoms. The molecule has 1 amide bonds. The largest absolute Gasteiger partial charge is 0.355 e. The minimum atomic E-state index is -0.00405. The highest BCUT2D eigenvalue weighted by Gasteiger charge is 2.53. The number of hydrogen-bond acceptors (Lipinski definition) is 2. The minimum Gasteiger partial charge on any atom is -0.355 e. The number of nitrogens with one attached hydrogen (secondary N) is 2. The van der Waals surface area contributed by atoms with E-state index >= 15 is 0 Å². The highest BCUT2D eigenvalue weighted by atomic mass is 16.2. The Morgan fingerprint density at radius 3 is 2.83 bits per heavy atom. The average Bonchev–Trinajstić information content (AvgIpc) is 2.69. The van der Waals surface area contributed by atoms with Gasteiger partial charge in [-0.25, -0.2) is 0 Å². The molecule has 0 aromatic carbocycles. The van der Waals surface area contributed by atoms with Gasteiger partial charge in [0.15, 0.2) is 0 Å². The highest BCUT2D eigenvalue weighted by Crippen LogP contribution is 2.49. The van der Waals surface area contributed by atoms with E-state index in [-0.39, 0.29) is 5.41 Å². The van der Waals surface area contributed by atoms with Crippen molar-refractivity contribution in [3.63, 3.8) is 0 Å². The van der Waals surface area contributed by atoms with Crippen LogP contribution >= 0.6 is 0 Å². The molecule has 2 N–H and O–H groups in total. The maximum Gasteiger partial charge on any atom is 0.228 e. The van der Waals surface area contributed by atoms with Crippen molar-refractivity contribution in [2.45, 2.75) is 12.8 Å². The zero-order chi connectivity index (χ0) is 8.18. The van der Waals surface area contributed by atoms with Crippen LogP contribution in [0.15, 0.2) is 0 Å². The first-order valence-corrected chi connectivity index (χ1v) is 4.79. The summed E-state index contributed by atoms with van der Waals surface area (Å²) in [6.07, 6.45) is 2.48. The third kappa shape index (κ3) is 0.774. The van der Waals surface area contributed by atoms with Crippen LogP contribution in [0.1, 0.15) is 12.8 Å². The summed E-state index contributed by atoms with van der Waals surface area (Å²) in [5.74, 6) is 1.97. The molecule has 0 bridgehead atoms. The average molecular weight is 166 g/mol. The van der Waals surface area contributed by atoms with Crippen LogP contribution in [-0.2, 0) is 4.79 Å². The van der Waals surface area contributed by atoms with Gasteiger partial charge in [0.2, 0.25) is 5.91 Å². The normalized spacial score (nSPS) is 42.5. The second-order valence-corrected chi connectivity index (χ2v) is 4.55. The molecule has 3 aliphatic rings. The number of carbonyl (C=O) groups is 1. The third-order valence-electron chi connectivity index (χ3n) is 3.66. The van der Waals surface area contributed by atoms with Gasteiger partial charge in [-0.3, -0.25) is 4.79 Å². The summed E-state index contributed by atoms with van der Waals surface area (Å²) in [5, 5.41) is 6.26. The van der Waals surface area contributed by atoms with Crippen LogP contribution in [-0.4, -0.2) is 25.5 Å². The maximum absolute atomic E-state index is 11.6. The van der Waals surface area contributed by atoms with Gasteiger partial charge in [0.25, 0.3) is 0 Å². The van der Waals surface area contributed by atoms with Gasteiger partial charge in [-0.1, -0.05) is 0 Å². The molecule has 2 aliphatic heterocycles. The summed E-state index contributed by atoms with van der Waals surface area (Å²) in [7, 11) is 0. The van der Waals surface area contributed by atoms with Crippen molar-refractivity contribution >= 4 is 5.91 Å². The summed E-state index contributed by atoms with van der Waals surface area (Å²) in [6, 6.07) is 0. The Labute approximate surface area is 71.9 Å². The Balaban J connectivity index is 1.84. The van der Waals surface area contributed by atoms with Crippen LogP contribution in [0.3, 0.4) is 0 Å². The van der Waals surface area contributed by atoms with E-state index in [9.17, 15) is 4.79 Å². The van der Waals surface area contributed by atoms with Crippen molar-refractivity contribution in [1.29, 1.82) is 0 Å². The van der Waals surface area contributed by atoms with Gasteiger partial charge in [0, 0.05) is 19.6 Å². The lowest BCUT2D eigenvalue weighted by Gasteiger charge is -2.40. The van der Waals surface area contributed by atoms with Crippen LogP contribution in [0.2, 0.25) is 0 Å². The van der Waals surface area contributed by atoms with Gasteiger partial charge in [-0.2, -0.15) is 0 Å². The minimum absolute atomic E-state index is 0.00405. The van der Waals surface area contributed by atoms with Gasteiger partial charge in [0.05, 0.1) is 5.41 Å². The fourth-order valence-electron chi connectivity index (χ4n) is 2.55. The molecule has 0 radical (unpaired) electrons. The lowest BCUT2D eigenvalue weighted by Crippen LogP contribution is -2.61. The Morgan fingerprint density at radius 2 is 2.17 bits per heavy atom. The second kappa shape index (κ2) is 2.02. The van der Waals surface area contributed by atoms with Gasteiger partial charge >= 0.3 is 0 Å². The third-order valence-corrected chi connectivity index (χ3v) is 3.66. The molecule has 2 saturated heterocycles. The predicted molar refractivity (Wildman–Crippen MR) is 44.5 cm³/mol. The van der Waals surface area contributed by atoms with Crippen molar-refractivity contribution < 1.29 is 4.79 Å². The molecule has 1 spiro atoms. The van der Waals surface area contributed by atoms with Crippen LogP contribution in [0.5, 0.6) is 0 Å². The molecular weight excluding hydrogens is 152 g/mol. The van der Waals surface area contributed by atoms with E-state index in [0.29, 0.717) is 5.91 Å². The number of fused-ring (bicyclic) bond motifs is 1. The SMILES string of the molecule is O=C1NC[C@@H]2C[C@H]2CC12CNC2. The molecule has 1 saturated carbocycles. The molecule has 3 rings (SSSR count). The van der Waals surface area contributed by atoms with Crippen LogP contribution < -0.4 is 10.6 Å². The lowest BCUT2D eigenvalue weighted by molar-refractivity contribution is -0.134. The van der Waals surface area contributed by atoms with E-state index in [0.717, 1.165) is 37.9 Å². The molecule has 2 heterocycles. The molecule has 66 valence electrons. The molecule has 1 aliphatic carbocycles. The fraction of sp³-hybridized carbons (Fsp3) is 0.889. The number of amides is 1. The molecular formula is C9H14N2O. The van der Waals surface area contributed by atoms with Gasteiger partial charge < -0.3 is 10.6 Å². The van der Waals surface area contributed by atoms with Crippen molar-refractivity contribution in [1.82, 2.24) is 10.6 Å². The van der Waals surface area contributed by atoms with Gasteiger partial charge in [-0.05, 0) is 24.7 Å². The van der Waals surface area contributed by atoms with E-state index in [4.69, 9.17) is 0 Å². The molecule has 0 aromatic rings. The van der Waals surface area contributed by atoms with E-state index in [1.165, 1.54) is 6.42 Å². The highest BCUT2D eigenvalue weighted by molar-refractivity contribution is 5.84. The zero-order valence-electron chi connectivity index (χ0n) is 7.10. The first kappa shape index (κ1) is 6.89. The van der Waals surface area contributed by atoms with E-state index in [1.54, 1.807) is 0 Å². The number of hydrogen-bond donors (Lipinski definition) is 2. The standard InChI is InChI=1S/C9H14N2O/c12-8-9(4-10-5-9)2-6-1-7(6)3-11-8/h6-7,10H,1-5H2,(H,11,12)/t6-,7-/m0/s1. The van der Waals surface area contributed by atoms with Crippen LogP contribution in [0.4, 0.5) is 0 Å². The Hall–Kier alpha value is -0.570. The van der Waals surface area contributed by atoms with Gasteiger partial charge in [0.1, 0.15) is 0 Å². The number of carbonyl (C=O) groups excluding carboxylic acids is 1. The van der Waals surface area contributed by atoms with Gasteiger partial charge in [-0.15, -0.1) is 0 Å².